The van der Waals surface area contributed by atoms with E-state index in [4.69, 9.17) is 16.3 Å². The van der Waals surface area contributed by atoms with E-state index in [9.17, 15) is 0 Å². The lowest BCUT2D eigenvalue weighted by Gasteiger charge is -2.23. The van der Waals surface area contributed by atoms with Crippen LogP contribution in [0.3, 0.4) is 0 Å². The van der Waals surface area contributed by atoms with Crippen LogP contribution in [-0.4, -0.2) is 18.2 Å². The van der Waals surface area contributed by atoms with Crippen LogP contribution in [0.25, 0.3) is 10.9 Å². The minimum atomic E-state index is 0.589. The van der Waals surface area contributed by atoms with E-state index in [0.29, 0.717) is 5.92 Å². The Morgan fingerprint density at radius 2 is 2.06 bits per heavy atom. The van der Waals surface area contributed by atoms with Crippen LogP contribution < -0.4 is 0 Å². The molecule has 2 nitrogen and oxygen atoms in total. The molecule has 1 aromatic carbocycles. The van der Waals surface area contributed by atoms with Crippen molar-refractivity contribution in [2.24, 2.45) is 0 Å². The minimum absolute atomic E-state index is 0.589. The summed E-state index contributed by atoms with van der Waals surface area (Å²) in [4.78, 5) is 3.22. The smallest absolute Gasteiger partial charge is 0.0471 e. The van der Waals surface area contributed by atoms with E-state index < -0.39 is 0 Å². The average molecular weight is 236 g/mol. The van der Waals surface area contributed by atoms with Crippen LogP contribution in [0.2, 0.25) is 5.02 Å². The zero-order chi connectivity index (χ0) is 11.0. The monoisotopic (exact) mass is 235 g/mol. The van der Waals surface area contributed by atoms with Gasteiger partial charge in [-0.3, -0.25) is 0 Å². The predicted molar refractivity (Wildman–Crippen MR) is 66.1 cm³/mol. The van der Waals surface area contributed by atoms with Gasteiger partial charge in [-0.15, -0.1) is 0 Å². The molecule has 0 unspecified atom stereocenters. The summed E-state index contributed by atoms with van der Waals surface area (Å²) >= 11 is 6.15. The molecule has 1 aliphatic heterocycles. The number of ether oxygens (including phenoxy) is 1. The second-order valence-electron chi connectivity index (χ2n) is 4.32. The maximum Gasteiger partial charge on any atom is 0.0471 e. The molecule has 0 aliphatic carbocycles. The number of rotatable bonds is 1. The van der Waals surface area contributed by atoms with Gasteiger partial charge in [-0.25, -0.2) is 0 Å². The van der Waals surface area contributed by atoms with Gasteiger partial charge in [-0.1, -0.05) is 11.6 Å². The Balaban J connectivity index is 2.09. The summed E-state index contributed by atoms with van der Waals surface area (Å²) in [5.41, 5.74) is 2.50. The lowest BCUT2D eigenvalue weighted by molar-refractivity contribution is 0.0856. The first-order valence-corrected chi connectivity index (χ1v) is 6.06. The molecule has 16 heavy (non-hydrogen) atoms. The summed E-state index contributed by atoms with van der Waals surface area (Å²) in [7, 11) is 0. The molecule has 0 radical (unpaired) electrons. The molecule has 1 fully saturated rings. The van der Waals surface area contributed by atoms with Crippen molar-refractivity contribution in [3.05, 3.63) is 35.0 Å². The van der Waals surface area contributed by atoms with Gasteiger partial charge in [0.2, 0.25) is 0 Å². The van der Waals surface area contributed by atoms with Gasteiger partial charge in [-0.2, -0.15) is 0 Å². The molecule has 1 saturated heterocycles. The van der Waals surface area contributed by atoms with Crippen LogP contribution >= 0.6 is 11.6 Å². The van der Waals surface area contributed by atoms with Crippen LogP contribution in [0.1, 0.15) is 24.3 Å². The molecular weight excluding hydrogens is 222 g/mol. The zero-order valence-electron chi connectivity index (χ0n) is 9.00. The van der Waals surface area contributed by atoms with Crippen molar-refractivity contribution in [2.45, 2.75) is 18.8 Å². The van der Waals surface area contributed by atoms with E-state index in [0.717, 1.165) is 36.6 Å². The second-order valence-corrected chi connectivity index (χ2v) is 4.76. The number of hydrogen-bond acceptors (Lipinski definition) is 1. The van der Waals surface area contributed by atoms with E-state index in [1.165, 1.54) is 10.9 Å². The molecule has 84 valence electrons. The van der Waals surface area contributed by atoms with Crippen LogP contribution in [-0.2, 0) is 4.74 Å². The standard InChI is InChI=1S/C13H14ClNO/c14-10-7-12(9-2-5-16-6-3-9)11-1-4-15-13(11)8-10/h1,4,7-9,15H,2-3,5-6H2. The third-order valence-corrected chi connectivity index (χ3v) is 3.54. The van der Waals surface area contributed by atoms with E-state index in [1.54, 1.807) is 0 Å². The first-order chi connectivity index (χ1) is 7.84. The van der Waals surface area contributed by atoms with Gasteiger partial charge >= 0.3 is 0 Å². The number of fused-ring (bicyclic) bond motifs is 1. The highest BCUT2D eigenvalue weighted by Crippen LogP contribution is 2.34. The Morgan fingerprint density at radius 3 is 2.88 bits per heavy atom. The fourth-order valence-corrected chi connectivity index (χ4v) is 2.73. The number of hydrogen-bond donors (Lipinski definition) is 1. The maximum atomic E-state index is 6.15. The Morgan fingerprint density at radius 1 is 1.25 bits per heavy atom. The Hall–Kier alpha value is -0.990. The summed E-state index contributed by atoms with van der Waals surface area (Å²) in [5.74, 6) is 0.589. The topological polar surface area (TPSA) is 25.0 Å². The molecule has 1 aromatic heterocycles. The fraction of sp³-hybridized carbons (Fsp3) is 0.385. The van der Waals surface area contributed by atoms with Gasteiger partial charge in [0.25, 0.3) is 0 Å². The van der Waals surface area contributed by atoms with Gasteiger partial charge in [0.15, 0.2) is 0 Å². The van der Waals surface area contributed by atoms with Crippen molar-refractivity contribution >= 4 is 22.5 Å². The molecule has 0 atom stereocenters. The summed E-state index contributed by atoms with van der Waals surface area (Å²) in [6.45, 7) is 1.73. The number of aromatic amines is 1. The molecular formula is C13H14ClNO. The fourth-order valence-electron chi connectivity index (χ4n) is 2.51. The summed E-state index contributed by atoms with van der Waals surface area (Å²) in [6.07, 6.45) is 4.17. The Bertz CT molecular complexity index is 500. The largest absolute Gasteiger partial charge is 0.381 e. The summed E-state index contributed by atoms with van der Waals surface area (Å²) < 4.78 is 5.40. The van der Waals surface area contributed by atoms with Crippen molar-refractivity contribution in [1.82, 2.24) is 4.98 Å². The highest BCUT2D eigenvalue weighted by molar-refractivity contribution is 6.31. The van der Waals surface area contributed by atoms with Crippen molar-refractivity contribution in [2.75, 3.05) is 13.2 Å². The molecule has 0 saturated carbocycles. The predicted octanol–water partition coefficient (Wildman–Crippen LogP) is 3.72. The normalized spacial score (nSPS) is 18.1. The summed E-state index contributed by atoms with van der Waals surface area (Å²) in [5, 5.41) is 2.12. The van der Waals surface area contributed by atoms with Crippen molar-refractivity contribution in [1.29, 1.82) is 0 Å². The summed E-state index contributed by atoms with van der Waals surface area (Å²) in [6, 6.07) is 6.23. The van der Waals surface area contributed by atoms with E-state index in [2.05, 4.69) is 17.1 Å². The van der Waals surface area contributed by atoms with Gasteiger partial charge in [-0.05, 0) is 42.5 Å². The third-order valence-electron chi connectivity index (χ3n) is 3.33. The number of benzene rings is 1. The highest BCUT2D eigenvalue weighted by atomic mass is 35.5. The van der Waals surface area contributed by atoms with Crippen molar-refractivity contribution in [3.8, 4) is 0 Å². The van der Waals surface area contributed by atoms with E-state index in [-0.39, 0.29) is 0 Å². The quantitative estimate of drug-likeness (QED) is 0.801. The van der Waals surface area contributed by atoms with Crippen LogP contribution in [0.15, 0.2) is 24.4 Å². The number of halogens is 1. The Labute approximate surface area is 99.6 Å². The number of aromatic nitrogens is 1. The number of H-pyrrole nitrogens is 1. The van der Waals surface area contributed by atoms with Crippen LogP contribution in [0.4, 0.5) is 0 Å². The molecule has 1 N–H and O–H groups in total. The molecule has 3 heteroatoms. The van der Waals surface area contributed by atoms with Gasteiger partial charge in [0, 0.05) is 35.3 Å². The maximum absolute atomic E-state index is 6.15. The van der Waals surface area contributed by atoms with Gasteiger partial charge < -0.3 is 9.72 Å². The SMILES string of the molecule is Clc1cc(C2CCOCC2)c2cc[nH]c2c1. The number of nitrogens with one attached hydrogen (secondary N) is 1. The van der Waals surface area contributed by atoms with E-state index in [1.807, 2.05) is 12.3 Å². The molecule has 0 spiro atoms. The minimum Gasteiger partial charge on any atom is -0.381 e. The second kappa shape index (κ2) is 4.11. The lowest BCUT2D eigenvalue weighted by atomic mass is 9.89. The molecule has 3 rings (SSSR count). The highest BCUT2D eigenvalue weighted by Gasteiger charge is 2.18. The molecule has 0 amide bonds. The van der Waals surface area contributed by atoms with Crippen molar-refractivity contribution < 1.29 is 4.74 Å². The van der Waals surface area contributed by atoms with Crippen molar-refractivity contribution in [3.63, 3.8) is 0 Å². The Kier molecular flexibility index (Phi) is 2.62. The zero-order valence-corrected chi connectivity index (χ0v) is 9.76. The molecule has 1 aliphatic rings. The lowest BCUT2D eigenvalue weighted by Crippen LogP contribution is -2.14. The third kappa shape index (κ3) is 1.72. The average Bonchev–Trinajstić information content (AvgIpc) is 2.77. The first-order valence-electron chi connectivity index (χ1n) is 5.69. The van der Waals surface area contributed by atoms with Crippen LogP contribution in [0, 0.1) is 0 Å². The molecule has 2 aromatic rings. The van der Waals surface area contributed by atoms with Crippen LogP contribution in [0.5, 0.6) is 0 Å². The molecule has 2 heterocycles. The van der Waals surface area contributed by atoms with Gasteiger partial charge in [0.1, 0.15) is 0 Å². The van der Waals surface area contributed by atoms with E-state index >= 15 is 0 Å². The van der Waals surface area contributed by atoms with Gasteiger partial charge in [0.05, 0.1) is 0 Å². The molecule has 0 bridgehead atoms. The first kappa shape index (κ1) is 10.2.